The highest BCUT2D eigenvalue weighted by Crippen LogP contribution is 2.31. The van der Waals surface area contributed by atoms with Gasteiger partial charge in [0.1, 0.15) is 5.52 Å². The van der Waals surface area contributed by atoms with Gasteiger partial charge in [0.15, 0.2) is 5.58 Å². The molecule has 1 fully saturated rings. The van der Waals surface area contributed by atoms with Crippen LogP contribution in [-0.4, -0.2) is 22.2 Å². The summed E-state index contributed by atoms with van der Waals surface area (Å²) >= 11 is 1.38. The van der Waals surface area contributed by atoms with Gasteiger partial charge in [0.2, 0.25) is 5.91 Å². The van der Waals surface area contributed by atoms with Crippen LogP contribution < -0.4 is 5.32 Å². The minimum atomic E-state index is -0.215. The average molecular weight is 332 g/mol. The maximum atomic E-state index is 12.5. The minimum absolute atomic E-state index is 0.0724. The van der Waals surface area contributed by atoms with Gasteiger partial charge < -0.3 is 9.73 Å². The Hall–Kier alpha value is -1.49. The molecule has 1 aliphatic carbocycles. The van der Waals surface area contributed by atoms with Crippen molar-refractivity contribution in [1.29, 1.82) is 0 Å². The molecule has 23 heavy (non-hydrogen) atoms. The lowest BCUT2D eigenvalue weighted by Crippen LogP contribution is -2.46. The maximum absolute atomic E-state index is 12.5. The Morgan fingerprint density at radius 3 is 2.91 bits per heavy atom. The molecule has 1 aromatic carbocycles. The fraction of sp³-hybridized carbons (Fsp3) is 0.556. The van der Waals surface area contributed by atoms with Crippen LogP contribution in [0.25, 0.3) is 11.1 Å². The summed E-state index contributed by atoms with van der Waals surface area (Å²) in [6.45, 7) is 6.43. The Morgan fingerprint density at radius 1 is 1.35 bits per heavy atom. The van der Waals surface area contributed by atoms with Crippen LogP contribution >= 0.6 is 11.8 Å². The molecule has 1 aromatic heterocycles. The lowest BCUT2D eigenvalue weighted by Gasteiger charge is -2.35. The van der Waals surface area contributed by atoms with Gasteiger partial charge in [-0.2, -0.15) is 0 Å². The summed E-state index contributed by atoms with van der Waals surface area (Å²) in [5.41, 5.74) is 1.59. The number of carbonyl (C=O) groups excluding carboxylic acids is 1. The van der Waals surface area contributed by atoms with Gasteiger partial charge >= 0.3 is 0 Å². The van der Waals surface area contributed by atoms with Gasteiger partial charge in [-0.15, -0.1) is 0 Å². The van der Waals surface area contributed by atoms with Crippen molar-refractivity contribution in [3.8, 4) is 0 Å². The highest BCUT2D eigenvalue weighted by atomic mass is 32.2. The van der Waals surface area contributed by atoms with Gasteiger partial charge in [-0.1, -0.05) is 50.6 Å². The number of carbonyl (C=O) groups is 1. The van der Waals surface area contributed by atoms with E-state index in [1.54, 1.807) is 0 Å². The molecule has 0 radical (unpaired) electrons. The lowest BCUT2D eigenvalue weighted by atomic mass is 9.78. The van der Waals surface area contributed by atoms with Crippen molar-refractivity contribution in [1.82, 2.24) is 10.3 Å². The smallest absolute Gasteiger partial charge is 0.257 e. The molecule has 0 spiro atoms. The van der Waals surface area contributed by atoms with Crippen molar-refractivity contribution >= 4 is 28.8 Å². The molecule has 3 rings (SSSR count). The topological polar surface area (TPSA) is 55.1 Å². The van der Waals surface area contributed by atoms with Crippen molar-refractivity contribution in [3.05, 3.63) is 24.3 Å². The second kappa shape index (κ2) is 6.95. The van der Waals surface area contributed by atoms with E-state index in [1.807, 2.05) is 31.2 Å². The number of thioether (sulfide) groups is 1. The van der Waals surface area contributed by atoms with Crippen LogP contribution in [0.2, 0.25) is 0 Å². The molecule has 4 nitrogen and oxygen atoms in total. The van der Waals surface area contributed by atoms with Crippen LogP contribution in [-0.2, 0) is 4.79 Å². The number of nitrogens with zero attached hydrogens (tertiary/aromatic N) is 1. The molecule has 0 bridgehead atoms. The zero-order valence-corrected chi connectivity index (χ0v) is 14.7. The summed E-state index contributed by atoms with van der Waals surface area (Å²) in [4.78, 5) is 16.9. The molecule has 1 aliphatic rings. The van der Waals surface area contributed by atoms with E-state index < -0.39 is 0 Å². The zero-order valence-electron chi connectivity index (χ0n) is 13.9. The largest absolute Gasteiger partial charge is 0.431 e. The SMILES string of the molecule is C[C@@H]1[C@@H](C)CCC[C@H]1NC(=O)[C@H](C)Sc1nc2ccccc2o1. The van der Waals surface area contributed by atoms with Gasteiger partial charge in [-0.3, -0.25) is 4.79 Å². The molecule has 4 atom stereocenters. The van der Waals surface area contributed by atoms with Crippen LogP contribution in [0.15, 0.2) is 33.9 Å². The molecule has 2 aromatic rings. The third-order valence-corrected chi connectivity index (χ3v) is 5.90. The van der Waals surface area contributed by atoms with Gasteiger partial charge in [0.05, 0.1) is 5.25 Å². The van der Waals surface area contributed by atoms with Crippen LogP contribution in [0.5, 0.6) is 0 Å². The highest BCUT2D eigenvalue weighted by molar-refractivity contribution is 8.00. The number of aromatic nitrogens is 1. The monoisotopic (exact) mass is 332 g/mol. The molecule has 0 saturated heterocycles. The van der Waals surface area contributed by atoms with Crippen molar-refractivity contribution in [2.75, 3.05) is 0 Å². The van der Waals surface area contributed by atoms with E-state index in [-0.39, 0.29) is 17.2 Å². The molecule has 1 heterocycles. The first-order valence-electron chi connectivity index (χ1n) is 8.37. The van der Waals surface area contributed by atoms with Gasteiger partial charge in [0.25, 0.3) is 5.22 Å². The fourth-order valence-corrected chi connectivity index (χ4v) is 3.96. The Morgan fingerprint density at radius 2 is 2.13 bits per heavy atom. The molecule has 124 valence electrons. The van der Waals surface area contributed by atoms with Gasteiger partial charge in [-0.25, -0.2) is 4.98 Å². The summed E-state index contributed by atoms with van der Waals surface area (Å²) in [5.74, 6) is 1.28. The second-order valence-electron chi connectivity index (χ2n) is 6.59. The van der Waals surface area contributed by atoms with Crippen molar-refractivity contribution in [2.24, 2.45) is 11.8 Å². The quantitative estimate of drug-likeness (QED) is 0.851. The molecule has 5 heteroatoms. The van der Waals surface area contributed by atoms with Crippen molar-refractivity contribution in [3.63, 3.8) is 0 Å². The number of para-hydroxylation sites is 2. The first-order valence-corrected chi connectivity index (χ1v) is 9.25. The van der Waals surface area contributed by atoms with Crippen molar-refractivity contribution < 1.29 is 9.21 Å². The number of hydrogen-bond donors (Lipinski definition) is 1. The standard InChI is InChI=1S/C18H24N2O2S/c1-11-7-6-9-14(12(11)2)19-17(21)13(3)23-18-20-15-8-4-5-10-16(15)22-18/h4-5,8,10-14H,6-7,9H2,1-3H3,(H,19,21)/t11-,12+,13-,14+/m0/s1. The van der Waals surface area contributed by atoms with Crippen molar-refractivity contribution in [2.45, 2.75) is 56.5 Å². The Balaban J connectivity index is 1.61. The first-order chi connectivity index (χ1) is 11.0. The number of oxazole rings is 1. The average Bonchev–Trinajstić information content (AvgIpc) is 2.93. The Kier molecular flexibility index (Phi) is 4.95. The highest BCUT2D eigenvalue weighted by Gasteiger charge is 2.29. The number of benzene rings is 1. The summed E-state index contributed by atoms with van der Waals surface area (Å²) in [7, 11) is 0. The summed E-state index contributed by atoms with van der Waals surface area (Å²) < 4.78 is 5.69. The number of fused-ring (bicyclic) bond motifs is 1. The number of rotatable bonds is 4. The summed E-state index contributed by atoms with van der Waals surface area (Å²) in [5, 5.41) is 3.56. The molecular formula is C18H24N2O2S. The van der Waals surface area contributed by atoms with Crippen LogP contribution in [0.3, 0.4) is 0 Å². The predicted octanol–water partition coefficient (Wildman–Crippen LogP) is 4.25. The van der Waals surface area contributed by atoms with E-state index >= 15 is 0 Å². The molecule has 1 N–H and O–H groups in total. The van der Waals surface area contributed by atoms with E-state index in [0.717, 1.165) is 17.5 Å². The van der Waals surface area contributed by atoms with E-state index in [2.05, 4.69) is 24.1 Å². The fourth-order valence-electron chi connectivity index (χ4n) is 3.19. The molecule has 1 amide bonds. The Labute approximate surface area is 141 Å². The predicted molar refractivity (Wildman–Crippen MR) is 93.4 cm³/mol. The zero-order chi connectivity index (χ0) is 16.4. The van der Waals surface area contributed by atoms with E-state index in [4.69, 9.17) is 4.42 Å². The first kappa shape index (κ1) is 16.4. The third kappa shape index (κ3) is 3.71. The minimum Gasteiger partial charge on any atom is -0.431 e. The number of nitrogens with one attached hydrogen (secondary N) is 1. The van der Waals surface area contributed by atoms with Gasteiger partial charge in [-0.05, 0) is 37.3 Å². The van der Waals surface area contributed by atoms with Crippen LogP contribution in [0.1, 0.15) is 40.0 Å². The third-order valence-electron chi connectivity index (χ3n) is 4.96. The molecule has 1 saturated carbocycles. The van der Waals surface area contributed by atoms with Gasteiger partial charge in [0, 0.05) is 6.04 Å². The Bertz CT molecular complexity index is 651. The molecule has 0 unspecified atom stereocenters. The van der Waals surface area contributed by atoms with Crippen LogP contribution in [0, 0.1) is 11.8 Å². The normalized spacial score (nSPS) is 26.1. The molecular weight excluding hydrogens is 308 g/mol. The van der Waals surface area contributed by atoms with E-state index in [9.17, 15) is 4.79 Å². The lowest BCUT2D eigenvalue weighted by molar-refractivity contribution is -0.121. The maximum Gasteiger partial charge on any atom is 0.257 e. The summed E-state index contributed by atoms with van der Waals surface area (Å²) in [6, 6.07) is 7.95. The summed E-state index contributed by atoms with van der Waals surface area (Å²) in [6.07, 6.45) is 3.54. The van der Waals surface area contributed by atoms with E-state index in [0.29, 0.717) is 17.1 Å². The van der Waals surface area contributed by atoms with Crippen LogP contribution in [0.4, 0.5) is 0 Å². The number of hydrogen-bond acceptors (Lipinski definition) is 4. The molecule has 0 aliphatic heterocycles. The second-order valence-corrected chi connectivity index (χ2v) is 7.88. The van der Waals surface area contributed by atoms with E-state index in [1.165, 1.54) is 24.6 Å². The number of amides is 1.